The van der Waals surface area contributed by atoms with E-state index in [1.54, 1.807) is 0 Å². The van der Waals surface area contributed by atoms with E-state index in [0.29, 0.717) is 5.92 Å². The van der Waals surface area contributed by atoms with E-state index < -0.39 is 0 Å². The van der Waals surface area contributed by atoms with Crippen LogP contribution in [0.4, 0.5) is 0 Å². The lowest BCUT2D eigenvalue weighted by atomic mass is 9.99. The summed E-state index contributed by atoms with van der Waals surface area (Å²) in [4.78, 5) is 0. The molecule has 4 heteroatoms. The summed E-state index contributed by atoms with van der Waals surface area (Å²) in [6, 6.07) is 0. The second-order valence-corrected chi connectivity index (χ2v) is 6.93. The summed E-state index contributed by atoms with van der Waals surface area (Å²) >= 11 is 2.34. The highest BCUT2D eigenvalue weighted by Crippen LogP contribution is 2.24. The van der Waals surface area contributed by atoms with Gasteiger partial charge in [-0.2, -0.15) is 0 Å². The van der Waals surface area contributed by atoms with Crippen molar-refractivity contribution in [1.29, 1.82) is 0 Å². The summed E-state index contributed by atoms with van der Waals surface area (Å²) < 4.78 is 3.05. The third-order valence-electron chi connectivity index (χ3n) is 3.99. The van der Waals surface area contributed by atoms with E-state index in [0.717, 1.165) is 0 Å². The van der Waals surface area contributed by atoms with Crippen molar-refractivity contribution in [3.63, 3.8) is 0 Å². The largest absolute Gasteiger partial charge is 0.242 e. The van der Waals surface area contributed by atoms with Gasteiger partial charge in [0.05, 0.1) is 5.69 Å². The lowest BCUT2D eigenvalue weighted by Gasteiger charge is -2.08. The van der Waals surface area contributed by atoms with Gasteiger partial charge in [0.1, 0.15) is 3.70 Å². The molecule has 1 unspecified atom stereocenters. The van der Waals surface area contributed by atoms with Gasteiger partial charge < -0.3 is 0 Å². The van der Waals surface area contributed by atoms with Gasteiger partial charge in [-0.25, -0.2) is 4.68 Å². The van der Waals surface area contributed by atoms with Crippen LogP contribution in [0.1, 0.15) is 89.7 Å². The summed E-state index contributed by atoms with van der Waals surface area (Å²) in [7, 11) is 1.96. The zero-order valence-corrected chi connectivity index (χ0v) is 15.5. The van der Waals surface area contributed by atoms with Crippen molar-refractivity contribution < 1.29 is 0 Å². The first-order chi connectivity index (χ1) is 9.66. The number of halogens is 1. The van der Waals surface area contributed by atoms with Crippen molar-refractivity contribution in [1.82, 2.24) is 15.0 Å². The minimum absolute atomic E-state index is 0.542. The van der Waals surface area contributed by atoms with Crippen LogP contribution in [0, 0.1) is 3.70 Å². The van der Waals surface area contributed by atoms with E-state index >= 15 is 0 Å². The van der Waals surface area contributed by atoms with Crippen LogP contribution in [0.2, 0.25) is 0 Å². The van der Waals surface area contributed by atoms with Crippen LogP contribution < -0.4 is 0 Å². The molecule has 3 nitrogen and oxygen atoms in total. The maximum Gasteiger partial charge on any atom is 0.122 e. The molecule has 1 rings (SSSR count). The highest BCUT2D eigenvalue weighted by atomic mass is 127. The first kappa shape index (κ1) is 17.9. The van der Waals surface area contributed by atoms with E-state index in [-0.39, 0.29) is 0 Å². The van der Waals surface area contributed by atoms with E-state index in [1.165, 1.54) is 73.6 Å². The third kappa shape index (κ3) is 6.55. The fraction of sp³-hybridized carbons (Fsp3) is 0.875. The molecule has 0 aliphatic carbocycles. The lowest BCUT2D eigenvalue weighted by molar-refractivity contribution is 0.534. The van der Waals surface area contributed by atoms with Crippen molar-refractivity contribution in [3.8, 4) is 0 Å². The number of hydrogen-bond acceptors (Lipinski definition) is 2. The second-order valence-electron chi connectivity index (χ2n) is 5.91. The maximum absolute atomic E-state index is 4.28. The number of aryl methyl sites for hydroxylation is 1. The van der Waals surface area contributed by atoms with Crippen molar-refractivity contribution in [2.75, 3.05) is 0 Å². The van der Waals surface area contributed by atoms with Crippen LogP contribution in [0.15, 0.2) is 0 Å². The SMILES string of the molecule is CCCCCCCCCCCC(C)c1nnn(C)c1I. The van der Waals surface area contributed by atoms with Crippen LogP contribution in [-0.4, -0.2) is 15.0 Å². The molecule has 116 valence electrons. The first-order valence-electron chi connectivity index (χ1n) is 8.21. The minimum atomic E-state index is 0.542. The van der Waals surface area contributed by atoms with Crippen LogP contribution in [0.3, 0.4) is 0 Å². The lowest BCUT2D eigenvalue weighted by Crippen LogP contribution is -1.98. The Bertz CT molecular complexity index is 363. The quantitative estimate of drug-likeness (QED) is 0.371. The second kappa shape index (κ2) is 10.6. The van der Waals surface area contributed by atoms with Gasteiger partial charge in [-0.1, -0.05) is 76.8 Å². The minimum Gasteiger partial charge on any atom is -0.242 e. The summed E-state index contributed by atoms with van der Waals surface area (Å²) in [5, 5.41) is 8.37. The van der Waals surface area contributed by atoms with Gasteiger partial charge >= 0.3 is 0 Å². The predicted molar refractivity (Wildman–Crippen MR) is 94.0 cm³/mol. The van der Waals surface area contributed by atoms with Gasteiger partial charge in [0.25, 0.3) is 0 Å². The van der Waals surface area contributed by atoms with Crippen molar-refractivity contribution >= 4 is 22.6 Å². The standard InChI is InChI=1S/C16H30IN3/c1-4-5-6-7-8-9-10-11-12-13-14(2)15-16(17)20(3)19-18-15/h14H,4-13H2,1-3H3. The molecule has 0 bridgehead atoms. The zero-order valence-electron chi connectivity index (χ0n) is 13.4. The van der Waals surface area contributed by atoms with Gasteiger partial charge in [-0.3, -0.25) is 0 Å². The third-order valence-corrected chi connectivity index (χ3v) is 5.24. The van der Waals surface area contributed by atoms with E-state index in [4.69, 9.17) is 0 Å². The molecule has 1 heterocycles. The molecule has 20 heavy (non-hydrogen) atoms. The summed E-state index contributed by atoms with van der Waals surface area (Å²) in [5.74, 6) is 0.542. The molecule has 1 aromatic heterocycles. The molecule has 0 saturated carbocycles. The fourth-order valence-electron chi connectivity index (χ4n) is 2.56. The van der Waals surface area contributed by atoms with E-state index in [9.17, 15) is 0 Å². The normalized spacial score (nSPS) is 12.8. The zero-order chi connectivity index (χ0) is 14.8. The van der Waals surface area contributed by atoms with Crippen molar-refractivity contribution in [2.24, 2.45) is 7.05 Å². The monoisotopic (exact) mass is 391 g/mol. The Morgan fingerprint density at radius 3 is 2.05 bits per heavy atom. The first-order valence-corrected chi connectivity index (χ1v) is 9.29. The summed E-state index contributed by atoms with van der Waals surface area (Å²) in [6.45, 7) is 4.55. The Kier molecular flexibility index (Phi) is 9.48. The molecule has 1 atom stereocenters. The Labute approximate surface area is 138 Å². The van der Waals surface area contributed by atoms with Gasteiger partial charge in [0.15, 0.2) is 0 Å². The molecule has 0 aromatic carbocycles. The van der Waals surface area contributed by atoms with Gasteiger partial charge in [0.2, 0.25) is 0 Å². The summed E-state index contributed by atoms with van der Waals surface area (Å²) in [5.41, 5.74) is 1.17. The Hall–Kier alpha value is -0.130. The molecule has 0 N–H and O–H groups in total. The van der Waals surface area contributed by atoms with Crippen LogP contribution in [-0.2, 0) is 7.05 Å². The molecule has 1 aromatic rings. The molecule has 0 fully saturated rings. The highest BCUT2D eigenvalue weighted by Gasteiger charge is 2.14. The van der Waals surface area contributed by atoms with E-state index in [1.807, 2.05) is 11.7 Å². The van der Waals surface area contributed by atoms with Crippen LogP contribution in [0.25, 0.3) is 0 Å². The molecule has 0 aliphatic rings. The Morgan fingerprint density at radius 2 is 1.55 bits per heavy atom. The van der Waals surface area contributed by atoms with Crippen molar-refractivity contribution in [2.45, 2.75) is 84.0 Å². The molecular weight excluding hydrogens is 361 g/mol. The Balaban J connectivity index is 2.02. The van der Waals surface area contributed by atoms with E-state index in [2.05, 4.69) is 46.8 Å². The number of aromatic nitrogens is 3. The molecular formula is C16H30IN3. The maximum atomic E-state index is 4.28. The summed E-state index contributed by atoms with van der Waals surface area (Å²) in [6.07, 6.45) is 13.8. The number of rotatable bonds is 11. The van der Waals surface area contributed by atoms with Crippen molar-refractivity contribution in [3.05, 3.63) is 9.39 Å². The van der Waals surface area contributed by atoms with Gasteiger partial charge in [-0.05, 0) is 29.0 Å². The number of hydrogen-bond donors (Lipinski definition) is 0. The fourth-order valence-corrected chi connectivity index (χ4v) is 3.30. The molecule has 0 amide bonds. The van der Waals surface area contributed by atoms with Crippen LogP contribution in [0.5, 0.6) is 0 Å². The average Bonchev–Trinajstić information content (AvgIpc) is 2.77. The van der Waals surface area contributed by atoms with Crippen LogP contribution >= 0.6 is 22.6 Å². The molecule has 0 saturated heterocycles. The molecule has 0 aliphatic heterocycles. The Morgan fingerprint density at radius 1 is 1.00 bits per heavy atom. The topological polar surface area (TPSA) is 30.7 Å². The number of nitrogens with zero attached hydrogens (tertiary/aromatic N) is 3. The molecule has 0 radical (unpaired) electrons. The molecule has 0 spiro atoms. The van der Waals surface area contributed by atoms with Gasteiger partial charge in [-0.15, -0.1) is 5.10 Å². The number of unbranched alkanes of at least 4 members (excludes halogenated alkanes) is 8. The van der Waals surface area contributed by atoms with Gasteiger partial charge in [0, 0.05) is 13.0 Å². The average molecular weight is 391 g/mol. The smallest absolute Gasteiger partial charge is 0.122 e. The highest BCUT2D eigenvalue weighted by molar-refractivity contribution is 14.1. The predicted octanol–water partition coefficient (Wildman–Crippen LogP) is 5.44.